The highest BCUT2D eigenvalue weighted by atomic mass is 35.5. The van der Waals surface area contributed by atoms with Crippen molar-refractivity contribution in [1.82, 2.24) is 5.32 Å². The molecule has 1 atom stereocenters. The second kappa shape index (κ2) is 10.8. The molecule has 2 rings (SSSR count). The number of carbonyl (C=O) groups excluding carboxylic acids is 1. The maximum absolute atomic E-state index is 12.0. The molecule has 0 bridgehead atoms. The highest BCUT2D eigenvalue weighted by Gasteiger charge is 2.16. The van der Waals surface area contributed by atoms with E-state index in [1.165, 1.54) is 11.1 Å². The van der Waals surface area contributed by atoms with Gasteiger partial charge in [-0.25, -0.2) is 0 Å². The van der Waals surface area contributed by atoms with Crippen LogP contribution in [-0.2, 0) is 4.79 Å². The fraction of sp³-hybridized carbons (Fsp3) is 0.350. The largest absolute Gasteiger partial charge is 0.355 e. The van der Waals surface area contributed by atoms with E-state index in [0.717, 1.165) is 19.3 Å². The van der Waals surface area contributed by atoms with Crippen molar-refractivity contribution >= 4 is 18.3 Å². The van der Waals surface area contributed by atoms with E-state index >= 15 is 0 Å². The number of halogens is 1. The summed E-state index contributed by atoms with van der Waals surface area (Å²) in [5.74, 6) is 0.229. The normalized spacial score (nSPS) is 11.6. The standard InChI is InChI=1S/C20H26N2O.ClH/c1-2-9-19(21)20(23)22-15-14-18(16-10-5-3-6-11-16)17-12-7-4-8-13-17;/h3-8,10-13,18-19H,2,9,14-15,21H2,1H3,(H,22,23);1H. The van der Waals surface area contributed by atoms with Crippen LogP contribution in [0.4, 0.5) is 0 Å². The zero-order valence-electron chi connectivity index (χ0n) is 14.2. The van der Waals surface area contributed by atoms with Gasteiger partial charge < -0.3 is 11.1 Å². The van der Waals surface area contributed by atoms with Gasteiger partial charge in [0.2, 0.25) is 5.91 Å². The molecule has 1 unspecified atom stereocenters. The van der Waals surface area contributed by atoms with Gasteiger partial charge in [-0.1, -0.05) is 74.0 Å². The Kier molecular flexibility index (Phi) is 9.13. The number of hydrogen-bond donors (Lipinski definition) is 2. The highest BCUT2D eigenvalue weighted by Crippen LogP contribution is 2.27. The number of amides is 1. The first-order chi connectivity index (χ1) is 11.2. The Hall–Kier alpha value is -1.84. The molecule has 2 aromatic rings. The maximum Gasteiger partial charge on any atom is 0.236 e. The first-order valence-electron chi connectivity index (χ1n) is 8.35. The van der Waals surface area contributed by atoms with Gasteiger partial charge in [0.05, 0.1) is 6.04 Å². The van der Waals surface area contributed by atoms with E-state index in [4.69, 9.17) is 5.73 Å². The highest BCUT2D eigenvalue weighted by molar-refractivity contribution is 5.85. The first-order valence-corrected chi connectivity index (χ1v) is 8.35. The van der Waals surface area contributed by atoms with Gasteiger partial charge in [-0.15, -0.1) is 12.4 Å². The second-order valence-electron chi connectivity index (χ2n) is 5.85. The van der Waals surface area contributed by atoms with Crippen molar-refractivity contribution in [3.8, 4) is 0 Å². The summed E-state index contributed by atoms with van der Waals surface area (Å²) in [6, 6.07) is 20.4. The summed E-state index contributed by atoms with van der Waals surface area (Å²) in [7, 11) is 0. The van der Waals surface area contributed by atoms with Gasteiger partial charge in [-0.05, 0) is 24.0 Å². The molecule has 2 aromatic carbocycles. The van der Waals surface area contributed by atoms with E-state index in [9.17, 15) is 4.79 Å². The fourth-order valence-corrected chi connectivity index (χ4v) is 2.81. The van der Waals surface area contributed by atoms with Crippen LogP contribution in [0.2, 0.25) is 0 Å². The number of hydrogen-bond acceptors (Lipinski definition) is 2. The molecule has 4 heteroatoms. The zero-order chi connectivity index (χ0) is 16.5. The average molecular weight is 347 g/mol. The predicted octanol–water partition coefficient (Wildman–Crippen LogP) is 3.87. The van der Waals surface area contributed by atoms with Gasteiger partial charge in [0.1, 0.15) is 0 Å². The number of rotatable bonds is 8. The molecule has 0 heterocycles. The van der Waals surface area contributed by atoms with Crippen LogP contribution in [0, 0.1) is 0 Å². The summed E-state index contributed by atoms with van der Waals surface area (Å²) in [6.07, 6.45) is 2.51. The van der Waals surface area contributed by atoms with E-state index < -0.39 is 6.04 Å². The van der Waals surface area contributed by atoms with Crippen LogP contribution >= 0.6 is 12.4 Å². The summed E-state index contributed by atoms with van der Waals surface area (Å²) >= 11 is 0. The quantitative estimate of drug-likeness (QED) is 0.762. The van der Waals surface area contributed by atoms with Crippen molar-refractivity contribution in [2.45, 2.75) is 38.1 Å². The molecule has 0 spiro atoms. The van der Waals surface area contributed by atoms with Crippen molar-refractivity contribution in [1.29, 1.82) is 0 Å². The fourth-order valence-electron chi connectivity index (χ4n) is 2.81. The van der Waals surface area contributed by atoms with Crippen LogP contribution in [-0.4, -0.2) is 18.5 Å². The molecule has 130 valence electrons. The van der Waals surface area contributed by atoms with E-state index in [1.54, 1.807) is 0 Å². The van der Waals surface area contributed by atoms with Gasteiger partial charge in [-0.2, -0.15) is 0 Å². The lowest BCUT2D eigenvalue weighted by Crippen LogP contribution is -2.41. The molecule has 1 amide bonds. The molecule has 0 fully saturated rings. The maximum atomic E-state index is 12.0. The second-order valence-corrected chi connectivity index (χ2v) is 5.85. The van der Waals surface area contributed by atoms with Gasteiger partial charge in [0, 0.05) is 12.5 Å². The van der Waals surface area contributed by atoms with Crippen LogP contribution in [0.3, 0.4) is 0 Å². The summed E-state index contributed by atoms with van der Waals surface area (Å²) < 4.78 is 0. The Balaban J connectivity index is 0.00000288. The molecular weight excluding hydrogens is 320 g/mol. The minimum Gasteiger partial charge on any atom is -0.355 e. The summed E-state index contributed by atoms with van der Waals surface area (Å²) in [4.78, 5) is 12.0. The first kappa shape index (κ1) is 20.2. The van der Waals surface area contributed by atoms with Crippen molar-refractivity contribution in [3.05, 3.63) is 71.8 Å². The Labute approximate surface area is 151 Å². The van der Waals surface area contributed by atoms with Gasteiger partial charge in [-0.3, -0.25) is 4.79 Å². The van der Waals surface area contributed by atoms with Gasteiger partial charge in [0.25, 0.3) is 0 Å². The summed E-state index contributed by atoms with van der Waals surface area (Å²) in [5, 5.41) is 2.97. The predicted molar refractivity (Wildman–Crippen MR) is 102 cm³/mol. The summed E-state index contributed by atoms with van der Waals surface area (Å²) in [5.41, 5.74) is 8.39. The molecule has 0 saturated heterocycles. The van der Waals surface area contributed by atoms with Crippen molar-refractivity contribution in [2.24, 2.45) is 5.73 Å². The van der Waals surface area contributed by atoms with Crippen molar-refractivity contribution in [3.63, 3.8) is 0 Å². The summed E-state index contributed by atoms with van der Waals surface area (Å²) in [6.45, 7) is 2.67. The smallest absolute Gasteiger partial charge is 0.236 e. The van der Waals surface area contributed by atoms with Crippen molar-refractivity contribution < 1.29 is 4.79 Å². The Morgan fingerprint density at radius 3 is 1.92 bits per heavy atom. The van der Waals surface area contributed by atoms with Crippen LogP contribution in [0.5, 0.6) is 0 Å². The van der Waals surface area contributed by atoms with Crippen LogP contribution in [0.25, 0.3) is 0 Å². The molecule has 0 radical (unpaired) electrons. The molecule has 3 nitrogen and oxygen atoms in total. The number of benzene rings is 2. The third kappa shape index (κ3) is 5.99. The van der Waals surface area contributed by atoms with Crippen LogP contribution < -0.4 is 11.1 Å². The number of nitrogens with one attached hydrogen (secondary N) is 1. The van der Waals surface area contributed by atoms with E-state index in [1.807, 2.05) is 19.1 Å². The lowest BCUT2D eigenvalue weighted by atomic mass is 9.88. The Morgan fingerprint density at radius 1 is 0.958 bits per heavy atom. The minimum atomic E-state index is -0.396. The number of nitrogens with two attached hydrogens (primary N) is 1. The molecule has 3 N–H and O–H groups in total. The zero-order valence-corrected chi connectivity index (χ0v) is 15.0. The van der Waals surface area contributed by atoms with Gasteiger partial charge in [0.15, 0.2) is 0 Å². The monoisotopic (exact) mass is 346 g/mol. The van der Waals surface area contributed by atoms with Crippen molar-refractivity contribution in [2.75, 3.05) is 6.54 Å². The topological polar surface area (TPSA) is 55.1 Å². The molecule has 0 aromatic heterocycles. The third-order valence-corrected chi connectivity index (χ3v) is 4.07. The lowest BCUT2D eigenvalue weighted by molar-refractivity contribution is -0.122. The third-order valence-electron chi connectivity index (χ3n) is 4.07. The molecule has 24 heavy (non-hydrogen) atoms. The van der Waals surface area contributed by atoms with E-state index in [2.05, 4.69) is 53.8 Å². The average Bonchev–Trinajstić information content (AvgIpc) is 2.60. The van der Waals surface area contributed by atoms with Gasteiger partial charge >= 0.3 is 0 Å². The van der Waals surface area contributed by atoms with E-state index in [0.29, 0.717) is 6.54 Å². The molecular formula is C20H27ClN2O. The van der Waals surface area contributed by atoms with E-state index in [-0.39, 0.29) is 24.2 Å². The molecule has 0 aliphatic rings. The SMILES string of the molecule is CCCC(N)C(=O)NCCC(c1ccccc1)c1ccccc1.Cl. The Morgan fingerprint density at radius 2 is 1.46 bits per heavy atom. The molecule has 0 saturated carbocycles. The minimum absolute atomic E-state index is 0. The van der Waals surface area contributed by atoms with Crippen LogP contribution in [0.15, 0.2) is 60.7 Å². The lowest BCUT2D eigenvalue weighted by Gasteiger charge is -2.19. The molecule has 0 aliphatic carbocycles. The number of carbonyl (C=O) groups is 1. The molecule has 0 aliphatic heterocycles. The Bertz CT molecular complexity index is 550. The van der Waals surface area contributed by atoms with Crippen LogP contribution in [0.1, 0.15) is 43.2 Å².